The summed E-state index contributed by atoms with van der Waals surface area (Å²) in [6, 6.07) is 14.5. The number of primary amides is 1. The molecule has 6 heteroatoms. The number of para-hydroxylation sites is 2. The zero-order valence-electron chi connectivity index (χ0n) is 12.4. The number of fused-ring (bicyclic) bond motifs is 1. The Hall–Kier alpha value is -3.15. The molecule has 0 atom stereocenters. The maximum atomic E-state index is 12.0. The smallest absolute Gasteiger partial charge is 0.248 e. The van der Waals surface area contributed by atoms with Gasteiger partial charge in [-0.1, -0.05) is 24.3 Å². The molecule has 0 aliphatic rings. The van der Waals surface area contributed by atoms with Crippen LogP contribution in [-0.2, 0) is 11.2 Å². The number of nitrogens with zero attached hydrogens (tertiary/aromatic N) is 1. The van der Waals surface area contributed by atoms with Gasteiger partial charge in [-0.3, -0.25) is 14.9 Å². The Balaban J connectivity index is 1.57. The molecule has 3 rings (SSSR count). The van der Waals surface area contributed by atoms with Gasteiger partial charge in [0.2, 0.25) is 17.8 Å². The normalized spacial score (nSPS) is 10.6. The number of hydrogen-bond donors (Lipinski definition) is 3. The summed E-state index contributed by atoms with van der Waals surface area (Å²) in [5.74, 6) is -0.137. The van der Waals surface area contributed by atoms with Gasteiger partial charge in [0.1, 0.15) is 0 Å². The lowest BCUT2D eigenvalue weighted by atomic mass is 10.1. The van der Waals surface area contributed by atoms with Crippen LogP contribution < -0.4 is 11.1 Å². The second kappa shape index (κ2) is 6.31. The SMILES string of the molecule is NC(=O)c1ccc(CCC(=O)Nc2nc3ccccc3[nH]2)cc1. The van der Waals surface area contributed by atoms with Gasteiger partial charge in [-0.05, 0) is 36.2 Å². The van der Waals surface area contributed by atoms with E-state index in [0.29, 0.717) is 24.4 Å². The summed E-state index contributed by atoms with van der Waals surface area (Å²) in [5.41, 5.74) is 8.31. The highest BCUT2D eigenvalue weighted by atomic mass is 16.2. The molecule has 0 radical (unpaired) electrons. The molecule has 1 heterocycles. The molecule has 4 N–H and O–H groups in total. The number of imidazole rings is 1. The van der Waals surface area contributed by atoms with Crippen LogP contribution in [0.3, 0.4) is 0 Å². The lowest BCUT2D eigenvalue weighted by Gasteiger charge is -2.03. The van der Waals surface area contributed by atoms with Crippen molar-refractivity contribution in [2.75, 3.05) is 5.32 Å². The lowest BCUT2D eigenvalue weighted by Crippen LogP contribution is -2.13. The number of anilines is 1. The van der Waals surface area contributed by atoms with Crippen molar-refractivity contribution in [3.05, 3.63) is 59.7 Å². The minimum atomic E-state index is -0.459. The number of nitrogens with two attached hydrogens (primary N) is 1. The highest BCUT2D eigenvalue weighted by molar-refractivity contribution is 5.93. The molecule has 1 aromatic heterocycles. The molecule has 3 aromatic rings. The summed E-state index contributed by atoms with van der Waals surface area (Å²) in [4.78, 5) is 30.3. The van der Waals surface area contributed by atoms with Crippen LogP contribution in [0.25, 0.3) is 11.0 Å². The first-order valence-electron chi connectivity index (χ1n) is 7.25. The van der Waals surface area contributed by atoms with Gasteiger partial charge in [-0.15, -0.1) is 0 Å². The first kappa shape index (κ1) is 14.8. The van der Waals surface area contributed by atoms with Crippen molar-refractivity contribution in [1.29, 1.82) is 0 Å². The second-order valence-corrected chi connectivity index (χ2v) is 5.21. The van der Waals surface area contributed by atoms with Gasteiger partial charge >= 0.3 is 0 Å². The molecule has 2 amide bonds. The summed E-state index contributed by atoms with van der Waals surface area (Å²) >= 11 is 0. The van der Waals surface area contributed by atoms with E-state index in [1.807, 2.05) is 24.3 Å². The number of H-pyrrole nitrogens is 1. The number of hydrogen-bond acceptors (Lipinski definition) is 3. The predicted octanol–water partition coefficient (Wildman–Crippen LogP) is 2.23. The topological polar surface area (TPSA) is 101 Å². The third-order valence-electron chi connectivity index (χ3n) is 3.53. The quantitative estimate of drug-likeness (QED) is 0.673. The minimum absolute atomic E-state index is 0.122. The van der Waals surface area contributed by atoms with Crippen LogP contribution in [0.15, 0.2) is 48.5 Å². The molecule has 0 spiro atoms. The van der Waals surface area contributed by atoms with E-state index in [4.69, 9.17) is 5.73 Å². The van der Waals surface area contributed by atoms with Gasteiger partial charge in [0.15, 0.2) is 0 Å². The van der Waals surface area contributed by atoms with Gasteiger partial charge in [-0.2, -0.15) is 0 Å². The molecule has 0 aliphatic heterocycles. The number of aromatic nitrogens is 2. The van der Waals surface area contributed by atoms with Gasteiger partial charge in [0.05, 0.1) is 11.0 Å². The fourth-order valence-corrected chi connectivity index (χ4v) is 2.30. The van der Waals surface area contributed by atoms with Crippen LogP contribution in [0.1, 0.15) is 22.3 Å². The number of aromatic amines is 1. The van der Waals surface area contributed by atoms with Gasteiger partial charge < -0.3 is 10.7 Å². The Kier molecular flexibility index (Phi) is 4.05. The third-order valence-corrected chi connectivity index (χ3v) is 3.53. The molecule has 23 heavy (non-hydrogen) atoms. The van der Waals surface area contributed by atoms with E-state index in [1.54, 1.807) is 24.3 Å². The van der Waals surface area contributed by atoms with E-state index in [0.717, 1.165) is 16.6 Å². The number of amides is 2. The average molecular weight is 308 g/mol. The number of carbonyl (C=O) groups is 2. The van der Waals surface area contributed by atoms with Crippen molar-refractivity contribution < 1.29 is 9.59 Å². The van der Waals surface area contributed by atoms with Crippen molar-refractivity contribution in [2.24, 2.45) is 5.73 Å². The van der Waals surface area contributed by atoms with Crippen molar-refractivity contribution in [3.8, 4) is 0 Å². The van der Waals surface area contributed by atoms with E-state index in [2.05, 4.69) is 15.3 Å². The summed E-state index contributed by atoms with van der Waals surface area (Å²) in [7, 11) is 0. The number of rotatable bonds is 5. The number of benzene rings is 2. The first-order valence-corrected chi connectivity index (χ1v) is 7.25. The molecule has 0 saturated heterocycles. The molecule has 0 fully saturated rings. The van der Waals surface area contributed by atoms with Crippen molar-refractivity contribution in [1.82, 2.24) is 9.97 Å². The standard InChI is InChI=1S/C17H16N4O2/c18-16(23)12-8-5-11(6-9-12)7-10-15(22)21-17-19-13-3-1-2-4-14(13)20-17/h1-6,8-9H,7,10H2,(H2,18,23)(H2,19,20,21,22). The molecule has 0 bridgehead atoms. The van der Waals surface area contributed by atoms with Crippen LogP contribution in [-0.4, -0.2) is 21.8 Å². The predicted molar refractivity (Wildman–Crippen MR) is 88.0 cm³/mol. The zero-order chi connectivity index (χ0) is 16.2. The Bertz CT molecular complexity index is 819. The first-order chi connectivity index (χ1) is 11.1. The van der Waals surface area contributed by atoms with Crippen molar-refractivity contribution in [3.63, 3.8) is 0 Å². The van der Waals surface area contributed by atoms with E-state index in [9.17, 15) is 9.59 Å². The van der Waals surface area contributed by atoms with Crippen molar-refractivity contribution >= 4 is 28.8 Å². The maximum Gasteiger partial charge on any atom is 0.248 e. The third kappa shape index (κ3) is 3.55. The Morgan fingerprint density at radius 2 is 1.83 bits per heavy atom. The number of carbonyl (C=O) groups excluding carboxylic acids is 2. The van der Waals surface area contributed by atoms with Crippen LogP contribution >= 0.6 is 0 Å². The van der Waals surface area contributed by atoms with Crippen LogP contribution in [0, 0.1) is 0 Å². The Labute approximate surface area is 132 Å². The molecular weight excluding hydrogens is 292 g/mol. The highest BCUT2D eigenvalue weighted by Gasteiger charge is 2.07. The minimum Gasteiger partial charge on any atom is -0.366 e. The molecule has 0 unspecified atom stereocenters. The van der Waals surface area contributed by atoms with Crippen molar-refractivity contribution in [2.45, 2.75) is 12.8 Å². The van der Waals surface area contributed by atoms with E-state index >= 15 is 0 Å². The monoisotopic (exact) mass is 308 g/mol. The molecule has 0 saturated carbocycles. The van der Waals surface area contributed by atoms with Gasteiger partial charge in [0.25, 0.3) is 0 Å². The maximum absolute atomic E-state index is 12.0. The summed E-state index contributed by atoms with van der Waals surface area (Å²) < 4.78 is 0. The fraction of sp³-hybridized carbons (Fsp3) is 0.118. The summed E-state index contributed by atoms with van der Waals surface area (Å²) in [5, 5.41) is 2.75. The molecule has 116 valence electrons. The summed E-state index contributed by atoms with van der Waals surface area (Å²) in [6.45, 7) is 0. The number of nitrogens with one attached hydrogen (secondary N) is 2. The average Bonchev–Trinajstić information content (AvgIpc) is 2.95. The van der Waals surface area contributed by atoms with E-state index in [-0.39, 0.29) is 5.91 Å². The van der Waals surface area contributed by atoms with Gasteiger partial charge in [0, 0.05) is 12.0 Å². The van der Waals surface area contributed by atoms with Crippen LogP contribution in [0.5, 0.6) is 0 Å². The molecule has 0 aliphatic carbocycles. The molecule has 6 nitrogen and oxygen atoms in total. The van der Waals surface area contributed by atoms with Crippen LogP contribution in [0.2, 0.25) is 0 Å². The Morgan fingerprint density at radius 1 is 1.09 bits per heavy atom. The Morgan fingerprint density at radius 3 is 2.52 bits per heavy atom. The molecule has 2 aromatic carbocycles. The van der Waals surface area contributed by atoms with Gasteiger partial charge in [-0.25, -0.2) is 4.98 Å². The van der Waals surface area contributed by atoms with E-state index < -0.39 is 5.91 Å². The fourth-order valence-electron chi connectivity index (χ4n) is 2.30. The number of aryl methyl sites for hydroxylation is 1. The highest BCUT2D eigenvalue weighted by Crippen LogP contribution is 2.14. The summed E-state index contributed by atoms with van der Waals surface area (Å²) in [6.07, 6.45) is 0.901. The zero-order valence-corrected chi connectivity index (χ0v) is 12.4. The second-order valence-electron chi connectivity index (χ2n) is 5.21. The molecular formula is C17H16N4O2. The van der Waals surface area contributed by atoms with Crippen LogP contribution in [0.4, 0.5) is 5.95 Å². The van der Waals surface area contributed by atoms with E-state index in [1.165, 1.54) is 0 Å². The largest absolute Gasteiger partial charge is 0.366 e. The lowest BCUT2D eigenvalue weighted by molar-refractivity contribution is -0.116.